The van der Waals surface area contributed by atoms with Crippen LogP contribution in [0.2, 0.25) is 0 Å². The maximum absolute atomic E-state index is 12.1. The van der Waals surface area contributed by atoms with Crippen molar-refractivity contribution in [3.05, 3.63) is 58.8 Å². The van der Waals surface area contributed by atoms with Gasteiger partial charge in [-0.1, -0.05) is 18.8 Å². The lowest BCUT2D eigenvalue weighted by molar-refractivity contribution is 0.310. The Bertz CT molecular complexity index is 1370. The van der Waals surface area contributed by atoms with E-state index in [0.717, 1.165) is 33.8 Å². The van der Waals surface area contributed by atoms with Crippen LogP contribution in [0.15, 0.2) is 30.7 Å². The van der Waals surface area contributed by atoms with Crippen molar-refractivity contribution in [2.45, 2.75) is 34.1 Å². The molecule has 2 heterocycles. The number of nitrogens with zero attached hydrogens (tertiary/aromatic N) is 3. The van der Waals surface area contributed by atoms with Gasteiger partial charge >= 0.3 is 0 Å². The van der Waals surface area contributed by atoms with Crippen LogP contribution in [0.5, 0.6) is 11.5 Å². The fraction of sp³-hybridized carbons (Fsp3) is 0.308. The highest BCUT2D eigenvalue weighted by atomic mass is 32.2. The van der Waals surface area contributed by atoms with E-state index >= 15 is 0 Å². The lowest BCUT2D eigenvalue weighted by atomic mass is 9.98. The predicted octanol–water partition coefficient (Wildman–Crippen LogP) is 4.20. The molecule has 1 N–H and O–H groups in total. The molecule has 34 heavy (non-hydrogen) atoms. The summed E-state index contributed by atoms with van der Waals surface area (Å²) in [4.78, 5) is 13.4. The lowest BCUT2D eigenvalue weighted by Gasteiger charge is -2.16. The van der Waals surface area contributed by atoms with Gasteiger partial charge < -0.3 is 14.2 Å². The Morgan fingerprint density at radius 3 is 2.56 bits per heavy atom. The molecule has 0 spiro atoms. The van der Waals surface area contributed by atoms with Crippen LogP contribution in [0.1, 0.15) is 41.9 Å². The Hall–Kier alpha value is -3.57. The number of ether oxygens (including phenoxy) is 2. The number of hydrogen-bond donors (Lipinski definition) is 1. The second-order valence-corrected chi connectivity index (χ2v) is 10.0. The monoisotopic (exact) mass is 478 g/mol. The zero-order valence-corrected chi connectivity index (χ0v) is 21.3. The SMILES string of the molecule is C=S(C)(=O)Nc1cc(C#Cc2c(CC)ncnc2-c2ccc(OCC)c(OC)c2C)cnc1C. The summed E-state index contributed by atoms with van der Waals surface area (Å²) in [6.07, 6.45) is 5.49. The molecule has 0 amide bonds. The van der Waals surface area contributed by atoms with E-state index in [9.17, 15) is 4.21 Å². The summed E-state index contributed by atoms with van der Waals surface area (Å²) in [5.74, 6) is 11.5. The molecule has 0 aliphatic heterocycles. The van der Waals surface area contributed by atoms with Crippen LogP contribution >= 0.6 is 0 Å². The summed E-state index contributed by atoms with van der Waals surface area (Å²) in [7, 11) is -0.808. The fourth-order valence-electron chi connectivity index (χ4n) is 3.54. The van der Waals surface area contributed by atoms with Crippen molar-refractivity contribution in [2.24, 2.45) is 0 Å². The van der Waals surface area contributed by atoms with Gasteiger partial charge in [-0.2, -0.15) is 0 Å². The third kappa shape index (κ3) is 5.67. The third-order valence-corrected chi connectivity index (χ3v) is 5.79. The molecule has 178 valence electrons. The molecule has 2 aromatic heterocycles. The number of aromatic nitrogens is 3. The van der Waals surface area contributed by atoms with E-state index in [4.69, 9.17) is 9.47 Å². The highest BCUT2D eigenvalue weighted by Crippen LogP contribution is 2.38. The molecule has 0 saturated carbocycles. The number of aryl methyl sites for hydroxylation is 2. The van der Waals surface area contributed by atoms with Gasteiger partial charge in [0.25, 0.3) is 0 Å². The first kappa shape index (κ1) is 25.1. The zero-order valence-electron chi connectivity index (χ0n) is 20.5. The van der Waals surface area contributed by atoms with Crippen LogP contribution < -0.4 is 14.2 Å². The van der Waals surface area contributed by atoms with Crippen molar-refractivity contribution in [3.8, 4) is 34.6 Å². The number of rotatable bonds is 7. The second kappa shape index (κ2) is 10.6. The smallest absolute Gasteiger partial charge is 0.164 e. The topological polar surface area (TPSA) is 86.2 Å². The standard InChI is InChI=1S/C26H30N4O3S/c1-8-22-21(11-10-19-14-23(18(4)27-15-19)30-34(6,7)31)25(29-16-28-22)20-12-13-24(33-9-2)26(32-5)17(20)3/h12-16H,6,8-9H2,1-5,7H3,(H,30,31). The maximum Gasteiger partial charge on any atom is 0.164 e. The molecular weight excluding hydrogens is 448 g/mol. The Morgan fingerprint density at radius 1 is 1.15 bits per heavy atom. The first-order chi connectivity index (χ1) is 16.2. The van der Waals surface area contributed by atoms with Crippen molar-refractivity contribution in [3.63, 3.8) is 0 Å². The molecule has 0 aliphatic rings. The van der Waals surface area contributed by atoms with Crippen LogP contribution in [0.4, 0.5) is 5.69 Å². The highest BCUT2D eigenvalue weighted by Gasteiger charge is 2.18. The van der Waals surface area contributed by atoms with Gasteiger partial charge in [-0.3, -0.25) is 4.98 Å². The summed E-state index contributed by atoms with van der Waals surface area (Å²) in [6.45, 7) is 8.33. The maximum atomic E-state index is 12.1. The normalized spacial score (nSPS) is 12.3. The average Bonchev–Trinajstić information content (AvgIpc) is 2.79. The molecule has 3 rings (SSSR count). The van der Waals surface area contributed by atoms with Crippen LogP contribution in [-0.2, 0) is 16.1 Å². The largest absolute Gasteiger partial charge is 0.493 e. The Kier molecular flexibility index (Phi) is 7.79. The molecule has 1 unspecified atom stereocenters. The van der Waals surface area contributed by atoms with E-state index < -0.39 is 9.71 Å². The summed E-state index contributed by atoms with van der Waals surface area (Å²) in [6, 6.07) is 5.68. The first-order valence-electron chi connectivity index (χ1n) is 10.9. The summed E-state index contributed by atoms with van der Waals surface area (Å²) < 4.78 is 26.4. The minimum absolute atomic E-state index is 0.544. The molecule has 0 radical (unpaired) electrons. The zero-order chi connectivity index (χ0) is 24.9. The molecule has 7 nitrogen and oxygen atoms in total. The van der Waals surface area contributed by atoms with E-state index in [1.165, 1.54) is 0 Å². The van der Waals surface area contributed by atoms with E-state index in [-0.39, 0.29) is 0 Å². The van der Waals surface area contributed by atoms with Crippen molar-refractivity contribution in [1.82, 2.24) is 15.0 Å². The van der Waals surface area contributed by atoms with Crippen molar-refractivity contribution in [2.75, 3.05) is 24.7 Å². The minimum atomic E-state index is -2.44. The number of benzene rings is 1. The van der Waals surface area contributed by atoms with Gasteiger partial charge in [-0.05, 0) is 51.3 Å². The van der Waals surface area contributed by atoms with Gasteiger partial charge in [-0.25, -0.2) is 14.2 Å². The number of methoxy groups -OCH3 is 1. The highest BCUT2D eigenvalue weighted by molar-refractivity contribution is 8.00. The molecule has 8 heteroatoms. The van der Waals surface area contributed by atoms with E-state index in [1.807, 2.05) is 45.9 Å². The van der Waals surface area contributed by atoms with Gasteiger partial charge in [0, 0.05) is 38.9 Å². The molecule has 1 aromatic carbocycles. The van der Waals surface area contributed by atoms with Crippen LogP contribution in [-0.4, -0.2) is 45.0 Å². The van der Waals surface area contributed by atoms with Crippen molar-refractivity contribution >= 4 is 21.3 Å². The van der Waals surface area contributed by atoms with E-state index in [0.29, 0.717) is 35.8 Å². The van der Waals surface area contributed by atoms with E-state index in [2.05, 4.69) is 37.4 Å². The quantitative estimate of drug-likeness (QED) is 0.405. The van der Waals surface area contributed by atoms with Crippen LogP contribution in [0.25, 0.3) is 11.3 Å². The Balaban J connectivity index is 2.14. The Morgan fingerprint density at radius 2 is 1.91 bits per heavy atom. The van der Waals surface area contributed by atoms with Gasteiger partial charge in [-0.15, -0.1) is 0 Å². The molecule has 1 atom stereocenters. The molecule has 3 aromatic rings. The summed E-state index contributed by atoms with van der Waals surface area (Å²) in [5.41, 5.74) is 6.16. The van der Waals surface area contributed by atoms with Gasteiger partial charge in [0.2, 0.25) is 0 Å². The van der Waals surface area contributed by atoms with Gasteiger partial charge in [0.1, 0.15) is 6.33 Å². The van der Waals surface area contributed by atoms with E-state index in [1.54, 1.807) is 25.9 Å². The van der Waals surface area contributed by atoms with Crippen molar-refractivity contribution < 1.29 is 13.7 Å². The number of pyridine rings is 1. The third-order valence-electron chi connectivity index (χ3n) is 5.13. The molecule has 0 aliphatic carbocycles. The van der Waals surface area contributed by atoms with Gasteiger partial charge in [0.05, 0.1) is 42.0 Å². The summed E-state index contributed by atoms with van der Waals surface area (Å²) in [5, 5.41) is 0. The summed E-state index contributed by atoms with van der Waals surface area (Å²) >= 11 is 0. The molecular formula is C26H30N4O3S. The number of hydrogen-bond acceptors (Lipinski definition) is 6. The average molecular weight is 479 g/mol. The van der Waals surface area contributed by atoms with Gasteiger partial charge in [0.15, 0.2) is 11.5 Å². The lowest BCUT2D eigenvalue weighted by Crippen LogP contribution is -2.11. The predicted molar refractivity (Wildman–Crippen MR) is 139 cm³/mol. The molecule has 0 bridgehead atoms. The van der Waals surface area contributed by atoms with Crippen LogP contribution in [0, 0.1) is 25.7 Å². The fourth-order valence-corrected chi connectivity index (χ4v) is 4.22. The molecule has 0 fully saturated rings. The number of nitrogens with one attached hydrogen (secondary N) is 1. The number of anilines is 1. The van der Waals surface area contributed by atoms with Crippen LogP contribution in [0.3, 0.4) is 0 Å². The second-order valence-electron chi connectivity index (χ2n) is 7.81. The minimum Gasteiger partial charge on any atom is -0.493 e. The van der Waals surface area contributed by atoms with Crippen molar-refractivity contribution in [1.29, 1.82) is 0 Å². The Labute approximate surface area is 202 Å². The molecule has 0 saturated heterocycles. The first-order valence-corrected chi connectivity index (χ1v) is 13.0.